The molecule has 0 atom stereocenters. The van der Waals surface area contributed by atoms with Crippen molar-refractivity contribution in [1.29, 1.82) is 0 Å². The van der Waals surface area contributed by atoms with Gasteiger partial charge in [0.2, 0.25) is 0 Å². The molecular formula is C18H11BrOS. The third-order valence-corrected chi connectivity index (χ3v) is 4.89. The molecule has 3 heteroatoms. The SMILES string of the molecule is Brc1cc(Sc2ccccc2)c2c(c1)oc1ccccc12. The van der Waals surface area contributed by atoms with Crippen LogP contribution in [0, 0.1) is 0 Å². The van der Waals surface area contributed by atoms with E-state index in [4.69, 9.17) is 4.42 Å². The molecule has 1 aromatic heterocycles. The molecular weight excluding hydrogens is 344 g/mol. The first kappa shape index (κ1) is 13.0. The second-order valence-corrected chi connectivity index (χ2v) is 6.82. The molecule has 4 aromatic rings. The van der Waals surface area contributed by atoms with Crippen molar-refractivity contribution < 1.29 is 4.42 Å². The molecule has 0 amide bonds. The van der Waals surface area contributed by atoms with Gasteiger partial charge < -0.3 is 4.42 Å². The van der Waals surface area contributed by atoms with E-state index in [0.717, 1.165) is 15.6 Å². The van der Waals surface area contributed by atoms with Crippen molar-refractivity contribution in [2.24, 2.45) is 0 Å². The highest BCUT2D eigenvalue weighted by molar-refractivity contribution is 9.10. The first-order chi connectivity index (χ1) is 10.3. The van der Waals surface area contributed by atoms with Crippen LogP contribution in [0.1, 0.15) is 0 Å². The van der Waals surface area contributed by atoms with Crippen LogP contribution in [0.25, 0.3) is 21.9 Å². The van der Waals surface area contributed by atoms with Crippen LogP contribution >= 0.6 is 27.7 Å². The molecule has 0 aliphatic carbocycles. The smallest absolute Gasteiger partial charge is 0.137 e. The van der Waals surface area contributed by atoms with Crippen molar-refractivity contribution in [2.45, 2.75) is 9.79 Å². The van der Waals surface area contributed by atoms with Gasteiger partial charge in [-0.2, -0.15) is 0 Å². The molecule has 0 spiro atoms. The van der Waals surface area contributed by atoms with Gasteiger partial charge in [0.05, 0.1) is 0 Å². The molecule has 0 N–H and O–H groups in total. The molecule has 0 radical (unpaired) electrons. The summed E-state index contributed by atoms with van der Waals surface area (Å²) in [7, 11) is 0. The lowest BCUT2D eigenvalue weighted by Gasteiger charge is -2.04. The summed E-state index contributed by atoms with van der Waals surface area (Å²) in [5.41, 5.74) is 1.85. The van der Waals surface area contributed by atoms with Crippen LogP contribution < -0.4 is 0 Å². The molecule has 1 nitrogen and oxygen atoms in total. The summed E-state index contributed by atoms with van der Waals surface area (Å²) in [5.74, 6) is 0. The van der Waals surface area contributed by atoms with Gasteiger partial charge in [-0.3, -0.25) is 0 Å². The van der Waals surface area contributed by atoms with Crippen LogP contribution in [0.15, 0.2) is 85.4 Å². The van der Waals surface area contributed by atoms with E-state index in [9.17, 15) is 0 Å². The molecule has 4 rings (SSSR count). The standard InChI is InChI=1S/C18H11BrOS/c19-12-10-16-18(14-8-4-5-9-15(14)20-16)17(11-12)21-13-6-2-1-3-7-13/h1-11H. The van der Waals surface area contributed by atoms with E-state index in [2.05, 4.69) is 58.4 Å². The summed E-state index contributed by atoms with van der Waals surface area (Å²) >= 11 is 5.34. The molecule has 102 valence electrons. The first-order valence-corrected chi connectivity index (χ1v) is 8.26. The number of hydrogen-bond acceptors (Lipinski definition) is 2. The Bertz CT molecular complexity index is 928. The summed E-state index contributed by atoms with van der Waals surface area (Å²) in [5, 5.41) is 2.35. The summed E-state index contributed by atoms with van der Waals surface area (Å²) < 4.78 is 7.00. The van der Waals surface area contributed by atoms with Gasteiger partial charge >= 0.3 is 0 Å². The number of rotatable bonds is 2. The summed E-state index contributed by atoms with van der Waals surface area (Å²) in [4.78, 5) is 2.43. The van der Waals surface area contributed by atoms with Crippen LogP contribution in [0.2, 0.25) is 0 Å². The third-order valence-electron chi connectivity index (χ3n) is 3.38. The van der Waals surface area contributed by atoms with Gasteiger partial charge in [-0.15, -0.1) is 0 Å². The van der Waals surface area contributed by atoms with Gasteiger partial charge in [-0.1, -0.05) is 64.1 Å². The predicted molar refractivity (Wildman–Crippen MR) is 92.0 cm³/mol. The van der Waals surface area contributed by atoms with E-state index in [0.29, 0.717) is 0 Å². The first-order valence-electron chi connectivity index (χ1n) is 6.65. The average molecular weight is 355 g/mol. The fraction of sp³-hybridized carbons (Fsp3) is 0. The van der Waals surface area contributed by atoms with Crippen LogP contribution in [-0.4, -0.2) is 0 Å². The lowest BCUT2D eigenvalue weighted by molar-refractivity contribution is 0.668. The molecule has 1 heterocycles. The zero-order valence-corrected chi connectivity index (χ0v) is 13.4. The Morgan fingerprint density at radius 2 is 1.57 bits per heavy atom. The maximum Gasteiger partial charge on any atom is 0.137 e. The molecule has 3 aromatic carbocycles. The monoisotopic (exact) mass is 354 g/mol. The van der Waals surface area contributed by atoms with Crippen LogP contribution in [0.3, 0.4) is 0 Å². The van der Waals surface area contributed by atoms with Gasteiger partial charge in [-0.25, -0.2) is 0 Å². The largest absolute Gasteiger partial charge is 0.456 e. The van der Waals surface area contributed by atoms with Crippen molar-refractivity contribution in [3.05, 3.63) is 71.2 Å². The number of hydrogen-bond donors (Lipinski definition) is 0. The Hall–Kier alpha value is -1.71. The molecule has 0 fully saturated rings. The second kappa shape index (κ2) is 5.24. The molecule has 0 aliphatic rings. The second-order valence-electron chi connectivity index (χ2n) is 4.79. The highest BCUT2D eigenvalue weighted by Gasteiger charge is 2.13. The summed E-state index contributed by atoms with van der Waals surface area (Å²) in [6, 6.07) is 22.8. The lowest BCUT2D eigenvalue weighted by Crippen LogP contribution is -1.77. The molecule has 0 aliphatic heterocycles. The maximum absolute atomic E-state index is 5.97. The number of halogens is 1. The predicted octanol–water partition coefficient (Wildman–Crippen LogP) is 6.50. The fourth-order valence-electron chi connectivity index (χ4n) is 2.48. The Morgan fingerprint density at radius 1 is 0.810 bits per heavy atom. The average Bonchev–Trinajstić information content (AvgIpc) is 2.86. The molecule has 0 saturated carbocycles. The Balaban J connectivity index is 1.98. The van der Waals surface area contributed by atoms with E-state index >= 15 is 0 Å². The van der Waals surface area contributed by atoms with E-state index in [-0.39, 0.29) is 0 Å². The van der Waals surface area contributed by atoms with Crippen molar-refractivity contribution in [3.63, 3.8) is 0 Å². The highest BCUT2D eigenvalue weighted by Crippen LogP contribution is 2.40. The summed E-state index contributed by atoms with van der Waals surface area (Å²) in [6.07, 6.45) is 0. The van der Waals surface area contributed by atoms with Gasteiger partial charge in [-0.05, 0) is 30.3 Å². The van der Waals surface area contributed by atoms with E-state index in [1.807, 2.05) is 24.3 Å². The zero-order chi connectivity index (χ0) is 14.2. The number of furan rings is 1. The van der Waals surface area contributed by atoms with E-state index < -0.39 is 0 Å². The van der Waals surface area contributed by atoms with Crippen molar-refractivity contribution in [1.82, 2.24) is 0 Å². The van der Waals surface area contributed by atoms with Crippen molar-refractivity contribution >= 4 is 49.6 Å². The minimum Gasteiger partial charge on any atom is -0.456 e. The Morgan fingerprint density at radius 3 is 2.43 bits per heavy atom. The minimum absolute atomic E-state index is 0.920. The maximum atomic E-state index is 5.97. The van der Waals surface area contributed by atoms with Crippen LogP contribution in [0.4, 0.5) is 0 Å². The van der Waals surface area contributed by atoms with Crippen LogP contribution in [0.5, 0.6) is 0 Å². The van der Waals surface area contributed by atoms with Crippen LogP contribution in [-0.2, 0) is 0 Å². The Labute approximate surface area is 135 Å². The molecule has 21 heavy (non-hydrogen) atoms. The third kappa shape index (κ3) is 2.37. The van der Waals surface area contributed by atoms with E-state index in [1.165, 1.54) is 20.6 Å². The van der Waals surface area contributed by atoms with Gasteiger partial charge in [0.15, 0.2) is 0 Å². The fourth-order valence-corrected chi connectivity index (χ4v) is 4.11. The number of para-hydroxylation sites is 1. The van der Waals surface area contributed by atoms with Gasteiger partial charge in [0, 0.05) is 25.0 Å². The minimum atomic E-state index is 0.920. The lowest BCUT2D eigenvalue weighted by atomic mass is 10.1. The molecule has 0 unspecified atom stereocenters. The van der Waals surface area contributed by atoms with E-state index in [1.54, 1.807) is 11.8 Å². The quantitative estimate of drug-likeness (QED) is 0.407. The zero-order valence-electron chi connectivity index (χ0n) is 11.0. The molecule has 0 saturated heterocycles. The van der Waals surface area contributed by atoms with Gasteiger partial charge in [0.25, 0.3) is 0 Å². The topological polar surface area (TPSA) is 13.1 Å². The number of fused-ring (bicyclic) bond motifs is 3. The number of benzene rings is 3. The highest BCUT2D eigenvalue weighted by atomic mass is 79.9. The van der Waals surface area contributed by atoms with Gasteiger partial charge in [0.1, 0.15) is 11.2 Å². The van der Waals surface area contributed by atoms with Crippen molar-refractivity contribution in [2.75, 3.05) is 0 Å². The van der Waals surface area contributed by atoms with Crippen molar-refractivity contribution in [3.8, 4) is 0 Å². The Kier molecular flexibility index (Phi) is 3.24. The normalized spacial score (nSPS) is 11.3. The summed E-state index contributed by atoms with van der Waals surface area (Å²) in [6.45, 7) is 0. The molecule has 0 bridgehead atoms.